The lowest BCUT2D eigenvalue weighted by Gasteiger charge is -2.11. The molecule has 0 aromatic carbocycles. The number of likely N-dealkylation sites (tertiary alicyclic amines) is 1. The third-order valence-corrected chi connectivity index (χ3v) is 1.91. The maximum atomic E-state index is 11.0. The average molecular weight is 244 g/mol. The molecule has 0 saturated carbocycles. The van der Waals surface area contributed by atoms with Gasteiger partial charge in [-0.1, -0.05) is 41.2 Å². The molecule has 17 heavy (non-hydrogen) atoms. The van der Waals surface area contributed by atoms with Crippen molar-refractivity contribution >= 4 is 5.91 Å². The standard InChI is InChI=1S/C8H13NO.C2H7N.2C2H6/c1-3-8(10)9-5-4-7(2)6-9;1-3-2;2*1-2/h3,7H,1,4-6H2,2H3;3H,1-2H3;2*1-2H3. The van der Waals surface area contributed by atoms with Gasteiger partial charge in [0.1, 0.15) is 0 Å². The molecule has 1 N–H and O–H groups in total. The first-order chi connectivity index (χ1) is 8.15. The Bertz CT molecular complexity index is 170. The summed E-state index contributed by atoms with van der Waals surface area (Å²) in [4.78, 5) is 12.8. The summed E-state index contributed by atoms with van der Waals surface area (Å²) < 4.78 is 0. The molecule has 1 unspecified atom stereocenters. The molecular weight excluding hydrogens is 212 g/mol. The number of amides is 1. The molecule has 1 atom stereocenters. The van der Waals surface area contributed by atoms with Crippen molar-refractivity contribution in [2.75, 3.05) is 27.2 Å². The SMILES string of the molecule is C=CC(=O)N1CCC(C)C1.CC.CC.CNC. The van der Waals surface area contributed by atoms with Crippen LogP contribution in [0.2, 0.25) is 0 Å². The van der Waals surface area contributed by atoms with E-state index in [1.165, 1.54) is 6.08 Å². The highest BCUT2D eigenvalue weighted by atomic mass is 16.2. The van der Waals surface area contributed by atoms with E-state index in [4.69, 9.17) is 0 Å². The van der Waals surface area contributed by atoms with Crippen molar-refractivity contribution in [1.82, 2.24) is 10.2 Å². The smallest absolute Gasteiger partial charge is 0.245 e. The highest BCUT2D eigenvalue weighted by molar-refractivity contribution is 5.87. The molecular formula is C14H32N2O. The van der Waals surface area contributed by atoms with Gasteiger partial charge < -0.3 is 10.2 Å². The number of carbonyl (C=O) groups excluding carboxylic acids is 1. The first-order valence-electron chi connectivity index (χ1n) is 6.65. The van der Waals surface area contributed by atoms with E-state index < -0.39 is 0 Å². The van der Waals surface area contributed by atoms with Crippen LogP contribution in [0.3, 0.4) is 0 Å². The number of hydrogen-bond acceptors (Lipinski definition) is 2. The van der Waals surface area contributed by atoms with Gasteiger partial charge in [-0.15, -0.1) is 0 Å². The molecule has 1 rings (SSSR count). The van der Waals surface area contributed by atoms with Gasteiger partial charge in [0.15, 0.2) is 0 Å². The fourth-order valence-corrected chi connectivity index (χ4v) is 1.26. The summed E-state index contributed by atoms with van der Waals surface area (Å²) in [7, 11) is 3.75. The molecule has 1 aliphatic heterocycles. The van der Waals surface area contributed by atoms with Crippen molar-refractivity contribution in [3.05, 3.63) is 12.7 Å². The highest BCUT2D eigenvalue weighted by Crippen LogP contribution is 2.14. The maximum absolute atomic E-state index is 11.0. The van der Waals surface area contributed by atoms with Crippen LogP contribution in [0.1, 0.15) is 41.0 Å². The second-order valence-corrected chi connectivity index (χ2v) is 3.38. The van der Waals surface area contributed by atoms with Crippen molar-refractivity contribution in [1.29, 1.82) is 0 Å². The zero-order chi connectivity index (χ0) is 14.3. The Balaban J connectivity index is -0.000000239. The Morgan fingerprint density at radius 3 is 1.94 bits per heavy atom. The van der Waals surface area contributed by atoms with Gasteiger partial charge in [0.2, 0.25) is 5.91 Å². The minimum atomic E-state index is 0.0735. The summed E-state index contributed by atoms with van der Waals surface area (Å²) in [6.45, 7) is 15.4. The van der Waals surface area contributed by atoms with Crippen molar-refractivity contribution in [3.8, 4) is 0 Å². The van der Waals surface area contributed by atoms with E-state index in [1.54, 1.807) is 0 Å². The Morgan fingerprint density at radius 2 is 1.71 bits per heavy atom. The molecule has 0 radical (unpaired) electrons. The topological polar surface area (TPSA) is 32.3 Å². The van der Waals surface area contributed by atoms with E-state index in [-0.39, 0.29) is 5.91 Å². The van der Waals surface area contributed by atoms with Crippen molar-refractivity contribution in [2.24, 2.45) is 5.92 Å². The zero-order valence-electron chi connectivity index (χ0n) is 12.8. The van der Waals surface area contributed by atoms with Crippen LogP contribution in [0.4, 0.5) is 0 Å². The van der Waals surface area contributed by atoms with E-state index in [1.807, 2.05) is 46.7 Å². The molecule has 1 fully saturated rings. The van der Waals surface area contributed by atoms with Gasteiger partial charge in [0, 0.05) is 13.1 Å². The van der Waals surface area contributed by atoms with Crippen LogP contribution in [-0.2, 0) is 4.79 Å². The van der Waals surface area contributed by atoms with E-state index in [0.29, 0.717) is 5.92 Å². The summed E-state index contributed by atoms with van der Waals surface area (Å²) in [6, 6.07) is 0. The van der Waals surface area contributed by atoms with Crippen molar-refractivity contribution < 1.29 is 4.79 Å². The second-order valence-electron chi connectivity index (χ2n) is 3.38. The summed E-state index contributed by atoms with van der Waals surface area (Å²) in [5.74, 6) is 0.744. The molecule has 0 aliphatic carbocycles. The number of nitrogens with zero attached hydrogens (tertiary/aromatic N) is 1. The predicted octanol–water partition coefficient (Wildman–Crippen LogP) is 2.93. The Morgan fingerprint density at radius 1 is 1.29 bits per heavy atom. The molecule has 1 saturated heterocycles. The van der Waals surface area contributed by atoms with E-state index >= 15 is 0 Å². The highest BCUT2D eigenvalue weighted by Gasteiger charge is 2.20. The first kappa shape index (κ1) is 21.5. The quantitative estimate of drug-likeness (QED) is 0.719. The summed E-state index contributed by atoms with van der Waals surface area (Å²) >= 11 is 0. The number of carbonyl (C=O) groups is 1. The maximum Gasteiger partial charge on any atom is 0.245 e. The minimum absolute atomic E-state index is 0.0735. The van der Waals surface area contributed by atoms with Crippen LogP contribution < -0.4 is 5.32 Å². The summed E-state index contributed by atoms with van der Waals surface area (Å²) in [6.07, 6.45) is 2.53. The van der Waals surface area contributed by atoms with Crippen LogP contribution in [0.15, 0.2) is 12.7 Å². The van der Waals surface area contributed by atoms with Crippen LogP contribution in [0.5, 0.6) is 0 Å². The van der Waals surface area contributed by atoms with Crippen LogP contribution in [-0.4, -0.2) is 38.0 Å². The Hall–Kier alpha value is -0.830. The van der Waals surface area contributed by atoms with Crippen LogP contribution >= 0.6 is 0 Å². The van der Waals surface area contributed by atoms with Gasteiger partial charge >= 0.3 is 0 Å². The fourth-order valence-electron chi connectivity index (χ4n) is 1.26. The largest absolute Gasteiger partial charge is 0.339 e. The van der Waals surface area contributed by atoms with Gasteiger partial charge in [-0.2, -0.15) is 0 Å². The van der Waals surface area contributed by atoms with E-state index in [2.05, 4.69) is 18.8 Å². The molecule has 0 aromatic rings. The third kappa shape index (κ3) is 13.1. The number of hydrogen-bond donors (Lipinski definition) is 1. The van der Waals surface area contributed by atoms with Gasteiger partial charge in [-0.25, -0.2) is 0 Å². The normalized spacial score (nSPS) is 16.4. The Labute approximate surface area is 108 Å². The molecule has 1 aliphatic rings. The molecule has 3 nitrogen and oxygen atoms in total. The van der Waals surface area contributed by atoms with Crippen molar-refractivity contribution in [2.45, 2.75) is 41.0 Å². The second kappa shape index (κ2) is 17.6. The average Bonchev–Trinajstić information content (AvgIpc) is 2.81. The van der Waals surface area contributed by atoms with E-state index in [0.717, 1.165) is 19.5 Å². The van der Waals surface area contributed by atoms with Gasteiger partial charge in [0.25, 0.3) is 0 Å². The molecule has 0 spiro atoms. The molecule has 0 aromatic heterocycles. The first-order valence-corrected chi connectivity index (χ1v) is 6.65. The van der Waals surface area contributed by atoms with Crippen molar-refractivity contribution in [3.63, 3.8) is 0 Å². The lowest BCUT2D eigenvalue weighted by molar-refractivity contribution is -0.125. The van der Waals surface area contributed by atoms with Gasteiger partial charge in [-0.3, -0.25) is 4.79 Å². The lowest BCUT2D eigenvalue weighted by Crippen LogP contribution is -2.26. The number of nitrogens with one attached hydrogen (secondary N) is 1. The van der Waals surface area contributed by atoms with Gasteiger partial charge in [-0.05, 0) is 32.5 Å². The number of rotatable bonds is 1. The molecule has 3 heteroatoms. The molecule has 1 amide bonds. The lowest BCUT2D eigenvalue weighted by atomic mass is 10.2. The zero-order valence-corrected chi connectivity index (χ0v) is 12.8. The summed E-state index contributed by atoms with van der Waals surface area (Å²) in [5.41, 5.74) is 0. The fraction of sp³-hybridized carbons (Fsp3) is 0.786. The monoisotopic (exact) mass is 244 g/mol. The van der Waals surface area contributed by atoms with E-state index in [9.17, 15) is 4.79 Å². The minimum Gasteiger partial charge on any atom is -0.339 e. The molecule has 1 heterocycles. The van der Waals surface area contributed by atoms with Crippen LogP contribution in [0.25, 0.3) is 0 Å². The summed E-state index contributed by atoms with van der Waals surface area (Å²) in [5, 5.41) is 2.75. The van der Waals surface area contributed by atoms with Gasteiger partial charge in [0.05, 0.1) is 0 Å². The molecule has 0 bridgehead atoms. The van der Waals surface area contributed by atoms with Crippen LogP contribution in [0, 0.1) is 5.92 Å². The Kier molecular flexibility index (Phi) is 22.2. The molecule has 104 valence electrons. The third-order valence-electron chi connectivity index (χ3n) is 1.91. The predicted molar refractivity (Wildman–Crippen MR) is 78.2 cm³/mol.